The molecule has 2 saturated heterocycles. The topological polar surface area (TPSA) is 87.2 Å². The number of nitrogens with zero attached hydrogens (tertiary/aromatic N) is 7. The highest BCUT2D eigenvalue weighted by Gasteiger charge is 2.27. The smallest absolute Gasteiger partial charge is 0.264 e. The highest BCUT2D eigenvalue weighted by atomic mass is 32.1. The lowest BCUT2D eigenvalue weighted by Gasteiger charge is -2.35. The summed E-state index contributed by atoms with van der Waals surface area (Å²) in [4.78, 5) is 28.4. The summed E-state index contributed by atoms with van der Waals surface area (Å²) >= 11 is 1.43. The number of carbonyl (C=O) groups is 1. The quantitative estimate of drug-likeness (QED) is 0.148. The van der Waals surface area contributed by atoms with Crippen molar-refractivity contribution in [1.82, 2.24) is 29.9 Å². The van der Waals surface area contributed by atoms with Gasteiger partial charge in [0.15, 0.2) is 17.3 Å². The molecule has 5 aromatic rings. The predicted octanol–water partition coefficient (Wildman–Crippen LogP) is 5.86. The number of carbonyl (C=O) groups excluding carboxylic acids is 1. The molecule has 0 unspecified atom stereocenters. The summed E-state index contributed by atoms with van der Waals surface area (Å²) in [7, 11) is 1.67. The van der Waals surface area contributed by atoms with Crippen LogP contribution in [0.4, 0.5) is 10.2 Å². The van der Waals surface area contributed by atoms with Crippen molar-refractivity contribution in [2.45, 2.75) is 19.8 Å². The molecular weight excluding hydrogens is 666 g/mol. The minimum Gasteiger partial charge on any atom is -0.493 e. The highest BCUT2D eigenvalue weighted by Crippen LogP contribution is 2.38. The van der Waals surface area contributed by atoms with E-state index in [9.17, 15) is 9.18 Å². The van der Waals surface area contributed by atoms with Crippen LogP contribution in [-0.2, 0) is 6.42 Å². The van der Waals surface area contributed by atoms with E-state index >= 15 is 0 Å². The van der Waals surface area contributed by atoms with Crippen molar-refractivity contribution in [3.05, 3.63) is 95.0 Å². The Labute approximate surface area is 302 Å². The van der Waals surface area contributed by atoms with Gasteiger partial charge in [-0.25, -0.2) is 4.39 Å². The molecule has 2 aliphatic rings. The lowest BCUT2D eigenvalue weighted by atomic mass is 10.0. The van der Waals surface area contributed by atoms with E-state index in [0.29, 0.717) is 55.6 Å². The first-order valence-corrected chi connectivity index (χ1v) is 18.5. The van der Waals surface area contributed by atoms with Crippen LogP contribution in [0.3, 0.4) is 0 Å². The van der Waals surface area contributed by atoms with Crippen molar-refractivity contribution in [3.8, 4) is 21.9 Å². The molecule has 10 nitrogen and oxygen atoms in total. The number of anilines is 1. The van der Waals surface area contributed by atoms with Gasteiger partial charge >= 0.3 is 0 Å². The molecule has 51 heavy (non-hydrogen) atoms. The van der Waals surface area contributed by atoms with Gasteiger partial charge in [-0.2, -0.15) is 5.10 Å². The van der Waals surface area contributed by atoms with Crippen LogP contribution in [0.1, 0.15) is 34.3 Å². The van der Waals surface area contributed by atoms with Crippen LogP contribution in [0, 0.1) is 5.82 Å². The predicted molar refractivity (Wildman–Crippen MR) is 200 cm³/mol. The van der Waals surface area contributed by atoms with E-state index in [1.807, 2.05) is 35.2 Å². The monoisotopic (exact) mass is 709 g/mol. The number of fused-ring (bicyclic) bond motifs is 1. The maximum atomic E-state index is 13.5. The van der Waals surface area contributed by atoms with Gasteiger partial charge in [-0.05, 0) is 72.6 Å². The number of halogens is 1. The number of aromatic nitrogens is 3. The number of benzene rings is 2. The fourth-order valence-electron chi connectivity index (χ4n) is 6.83. The molecule has 0 atom stereocenters. The van der Waals surface area contributed by atoms with Gasteiger partial charge in [-0.1, -0.05) is 19.1 Å². The lowest BCUT2D eigenvalue weighted by Crippen LogP contribution is -2.49. The molecule has 12 heteroatoms. The SMILES string of the molecule is CCN1CCN(CCCOc2cc3c(N4CCN(C(=O)c5ccc(-c6ccc(F)cc6)s5)CC4)nnc(Cc4ccncc4)c3cc2OC)CC1. The van der Waals surface area contributed by atoms with E-state index in [-0.39, 0.29) is 11.7 Å². The summed E-state index contributed by atoms with van der Waals surface area (Å²) in [5.41, 5.74) is 2.84. The Morgan fingerprint density at radius 2 is 1.57 bits per heavy atom. The number of hydrogen-bond donors (Lipinski definition) is 0. The van der Waals surface area contributed by atoms with E-state index in [4.69, 9.17) is 19.7 Å². The average molecular weight is 710 g/mol. The largest absolute Gasteiger partial charge is 0.493 e. The number of hydrogen-bond acceptors (Lipinski definition) is 10. The van der Waals surface area contributed by atoms with E-state index in [0.717, 1.165) is 84.0 Å². The third-order valence-corrected chi connectivity index (χ3v) is 11.0. The van der Waals surface area contributed by atoms with Crippen molar-refractivity contribution in [3.63, 3.8) is 0 Å². The van der Waals surface area contributed by atoms with Gasteiger partial charge in [0.1, 0.15) is 5.82 Å². The van der Waals surface area contributed by atoms with E-state index in [1.54, 1.807) is 31.6 Å². The van der Waals surface area contributed by atoms with Crippen LogP contribution in [-0.4, -0.2) is 115 Å². The Kier molecular flexibility index (Phi) is 11.0. The fraction of sp³-hybridized carbons (Fsp3) is 0.385. The molecule has 2 aromatic carbocycles. The van der Waals surface area contributed by atoms with Gasteiger partial charge < -0.3 is 29.1 Å². The molecule has 7 rings (SSSR count). The van der Waals surface area contributed by atoms with Gasteiger partial charge in [-0.15, -0.1) is 16.4 Å². The summed E-state index contributed by atoms with van der Waals surface area (Å²) in [6.45, 7) is 11.7. The lowest BCUT2D eigenvalue weighted by molar-refractivity contribution is 0.0751. The molecule has 1 amide bonds. The number of amides is 1. The number of rotatable bonds is 12. The maximum absolute atomic E-state index is 13.5. The summed E-state index contributed by atoms with van der Waals surface area (Å²) in [5, 5.41) is 11.4. The van der Waals surface area contributed by atoms with Crippen molar-refractivity contribution >= 4 is 33.8 Å². The average Bonchev–Trinajstić information content (AvgIpc) is 3.67. The molecule has 0 bridgehead atoms. The second-order valence-corrected chi connectivity index (χ2v) is 14.1. The highest BCUT2D eigenvalue weighted by molar-refractivity contribution is 7.17. The van der Waals surface area contributed by atoms with Crippen molar-refractivity contribution in [2.24, 2.45) is 0 Å². The molecule has 266 valence electrons. The first kappa shape index (κ1) is 34.8. The third-order valence-electron chi connectivity index (χ3n) is 9.84. The molecule has 0 radical (unpaired) electrons. The van der Waals surface area contributed by atoms with Crippen molar-refractivity contribution in [2.75, 3.05) is 84.1 Å². The zero-order chi connectivity index (χ0) is 35.2. The Morgan fingerprint density at radius 1 is 0.843 bits per heavy atom. The van der Waals surface area contributed by atoms with Gasteiger partial charge in [0.2, 0.25) is 0 Å². The molecular formula is C39H44FN7O3S. The number of pyridine rings is 1. The van der Waals surface area contributed by atoms with Gasteiger partial charge in [-0.3, -0.25) is 9.78 Å². The molecule has 0 spiro atoms. The molecule has 2 aliphatic heterocycles. The first-order valence-electron chi connectivity index (χ1n) is 17.7. The van der Waals surface area contributed by atoms with Crippen molar-refractivity contribution in [1.29, 1.82) is 0 Å². The van der Waals surface area contributed by atoms with E-state index in [1.165, 1.54) is 23.5 Å². The molecule has 2 fully saturated rings. The Balaban J connectivity index is 1.08. The summed E-state index contributed by atoms with van der Waals surface area (Å²) in [6.07, 6.45) is 5.10. The second kappa shape index (κ2) is 16.1. The second-order valence-electron chi connectivity index (χ2n) is 13.0. The summed E-state index contributed by atoms with van der Waals surface area (Å²) in [6, 6.07) is 18.2. The van der Waals surface area contributed by atoms with Gasteiger partial charge in [0.05, 0.1) is 24.3 Å². The molecule has 0 N–H and O–H groups in total. The first-order chi connectivity index (χ1) is 25.0. The van der Waals surface area contributed by atoms with Gasteiger partial charge in [0, 0.05) is 93.4 Å². The van der Waals surface area contributed by atoms with Crippen LogP contribution < -0.4 is 14.4 Å². The number of thiophene rings is 1. The molecule has 0 aliphatic carbocycles. The maximum Gasteiger partial charge on any atom is 0.264 e. The van der Waals surface area contributed by atoms with Crippen LogP contribution in [0.5, 0.6) is 11.5 Å². The van der Waals surface area contributed by atoms with Gasteiger partial charge in [0.25, 0.3) is 5.91 Å². The number of piperazine rings is 2. The number of methoxy groups -OCH3 is 1. The third kappa shape index (κ3) is 8.14. The number of ether oxygens (including phenoxy) is 2. The normalized spacial score (nSPS) is 15.7. The minimum atomic E-state index is -0.278. The molecule has 5 heterocycles. The zero-order valence-electron chi connectivity index (χ0n) is 29.3. The molecule has 3 aromatic heterocycles. The summed E-state index contributed by atoms with van der Waals surface area (Å²) < 4.78 is 25.7. The van der Waals surface area contributed by atoms with Crippen LogP contribution in [0.15, 0.2) is 73.1 Å². The zero-order valence-corrected chi connectivity index (χ0v) is 30.1. The Bertz CT molecular complexity index is 1930. The molecule has 0 saturated carbocycles. The Hall–Kier alpha value is -4.65. The van der Waals surface area contributed by atoms with Crippen LogP contribution in [0.2, 0.25) is 0 Å². The van der Waals surface area contributed by atoms with Crippen LogP contribution in [0.25, 0.3) is 21.2 Å². The minimum absolute atomic E-state index is 0.00400. The van der Waals surface area contributed by atoms with Crippen LogP contribution >= 0.6 is 11.3 Å². The van der Waals surface area contributed by atoms with E-state index in [2.05, 4.69) is 32.7 Å². The van der Waals surface area contributed by atoms with Crippen molar-refractivity contribution < 1.29 is 18.7 Å². The number of likely N-dealkylation sites (N-methyl/N-ethyl adjacent to an activating group) is 1. The van der Waals surface area contributed by atoms with E-state index < -0.39 is 0 Å². The fourth-order valence-corrected chi connectivity index (χ4v) is 7.81. The summed E-state index contributed by atoms with van der Waals surface area (Å²) in [5.74, 6) is 1.85. The Morgan fingerprint density at radius 3 is 2.29 bits per heavy atom. The standard InChI is InChI=1S/C39H44FN7O3S/c1-3-44-16-18-45(19-17-44)15-4-24-50-35-27-32-31(26-34(35)49-2)33(25-28-11-13-41-14-12-28)42-43-38(32)46-20-22-47(23-21-46)39(48)37-10-9-36(51-37)29-5-7-30(40)8-6-29/h5-14,26-27H,3-4,15-25H2,1-2H3.